The Morgan fingerprint density at radius 3 is 2.89 bits per heavy atom. The van der Waals surface area contributed by atoms with Gasteiger partial charge < -0.3 is 10.8 Å². The van der Waals surface area contributed by atoms with Crippen molar-refractivity contribution in [2.24, 2.45) is 5.10 Å². The molecule has 4 N–H and O–H groups in total. The summed E-state index contributed by atoms with van der Waals surface area (Å²) in [5.41, 5.74) is 9.97. The van der Waals surface area contributed by atoms with Crippen LogP contribution in [0.1, 0.15) is 42.0 Å². The minimum atomic E-state index is -0.528. The van der Waals surface area contributed by atoms with Crippen LogP contribution in [-0.2, 0) is 6.42 Å². The lowest BCUT2D eigenvalue weighted by atomic mass is 10.1. The Hall–Kier alpha value is -3.76. The van der Waals surface area contributed by atoms with Gasteiger partial charge in [0, 0.05) is 5.56 Å². The zero-order chi connectivity index (χ0) is 19.4. The van der Waals surface area contributed by atoms with E-state index in [1.54, 1.807) is 31.2 Å². The first-order valence-corrected chi connectivity index (χ1v) is 8.18. The second kappa shape index (κ2) is 7.64. The molecule has 0 atom stereocenters. The van der Waals surface area contributed by atoms with Gasteiger partial charge in [-0.05, 0) is 35.8 Å². The molecular formula is C16H18N8O3. The highest BCUT2D eigenvalue weighted by Crippen LogP contribution is 2.17. The van der Waals surface area contributed by atoms with Crippen LogP contribution >= 0.6 is 0 Å². The van der Waals surface area contributed by atoms with Crippen molar-refractivity contribution in [2.75, 3.05) is 5.73 Å². The zero-order valence-corrected chi connectivity index (χ0v) is 14.7. The predicted octanol–water partition coefficient (Wildman–Crippen LogP) is 1.04. The van der Waals surface area contributed by atoms with E-state index in [2.05, 4.69) is 35.8 Å². The molecule has 3 rings (SSSR count). The fourth-order valence-corrected chi connectivity index (χ4v) is 2.43. The summed E-state index contributed by atoms with van der Waals surface area (Å²) in [5.74, 6) is -0.203. The van der Waals surface area contributed by atoms with Gasteiger partial charge in [-0.25, -0.2) is 10.1 Å². The molecule has 27 heavy (non-hydrogen) atoms. The predicted molar refractivity (Wildman–Crippen MR) is 95.4 cm³/mol. The lowest BCUT2D eigenvalue weighted by Crippen LogP contribution is -2.21. The molecule has 0 radical (unpaired) electrons. The van der Waals surface area contributed by atoms with Gasteiger partial charge in [0.15, 0.2) is 5.69 Å². The molecule has 0 saturated carbocycles. The number of nitrogens with zero attached hydrogens (tertiary/aromatic N) is 6. The highest BCUT2D eigenvalue weighted by molar-refractivity contribution is 6.00. The van der Waals surface area contributed by atoms with Gasteiger partial charge in [-0.1, -0.05) is 30.7 Å². The van der Waals surface area contributed by atoms with Crippen molar-refractivity contribution in [1.82, 2.24) is 30.7 Å². The van der Waals surface area contributed by atoms with E-state index in [0.717, 1.165) is 6.42 Å². The molecule has 0 aliphatic carbocycles. The maximum atomic E-state index is 12.5. The number of aromatic nitrogens is 5. The number of aromatic hydroxyl groups is 1. The van der Waals surface area contributed by atoms with Crippen LogP contribution in [0.5, 0.6) is 5.75 Å². The maximum absolute atomic E-state index is 12.5. The molecule has 0 fully saturated rings. The Balaban J connectivity index is 1.85. The van der Waals surface area contributed by atoms with Crippen molar-refractivity contribution in [2.45, 2.75) is 26.7 Å². The smallest absolute Gasteiger partial charge is 0.293 e. The zero-order valence-electron chi connectivity index (χ0n) is 14.7. The minimum Gasteiger partial charge on any atom is -0.508 e. The van der Waals surface area contributed by atoms with Crippen LogP contribution in [0.3, 0.4) is 0 Å². The van der Waals surface area contributed by atoms with Gasteiger partial charge in [-0.2, -0.15) is 9.78 Å². The molecule has 140 valence electrons. The number of nitrogen functional groups attached to an aromatic ring is 1. The van der Waals surface area contributed by atoms with Crippen molar-refractivity contribution in [3.63, 3.8) is 0 Å². The van der Waals surface area contributed by atoms with Crippen molar-refractivity contribution >= 4 is 17.4 Å². The van der Waals surface area contributed by atoms with Gasteiger partial charge in [0.2, 0.25) is 11.6 Å². The number of hydrogen-bond acceptors (Lipinski definition) is 9. The molecule has 3 aromatic rings. The van der Waals surface area contributed by atoms with E-state index < -0.39 is 5.91 Å². The number of phenols is 1. The summed E-state index contributed by atoms with van der Waals surface area (Å²) < 4.78 is 5.91. The first-order chi connectivity index (χ1) is 13.0. The molecule has 11 nitrogen and oxygen atoms in total. The third-order valence-corrected chi connectivity index (χ3v) is 3.75. The lowest BCUT2D eigenvalue weighted by Gasteiger charge is -2.05. The molecule has 0 aliphatic rings. The van der Waals surface area contributed by atoms with Crippen LogP contribution in [0.4, 0.5) is 5.82 Å². The summed E-state index contributed by atoms with van der Waals surface area (Å²) in [7, 11) is 0. The van der Waals surface area contributed by atoms with E-state index >= 15 is 0 Å². The number of phenolic OH excluding ortho intramolecular Hbond substituents is 1. The van der Waals surface area contributed by atoms with Crippen molar-refractivity contribution in [3.05, 3.63) is 41.2 Å². The van der Waals surface area contributed by atoms with Crippen LogP contribution in [0.25, 0.3) is 5.82 Å². The number of carbonyl (C=O) groups excluding carboxylic acids is 1. The van der Waals surface area contributed by atoms with Crippen molar-refractivity contribution in [3.8, 4) is 11.6 Å². The molecule has 0 aliphatic heterocycles. The normalized spacial score (nSPS) is 11.6. The fourth-order valence-electron chi connectivity index (χ4n) is 2.43. The molecule has 0 spiro atoms. The summed E-state index contributed by atoms with van der Waals surface area (Å²) in [6, 6.07) is 6.55. The standard InChI is InChI=1S/C16H18N8O3/c1-3-5-12-13(19-23-24(12)15-14(17)21-27-22-15)16(26)20-18-9(2)10-6-4-7-11(25)8-10/h4,6-8,25H,3,5H2,1-2H3,(H2,17,21)(H,20,26). The first-order valence-electron chi connectivity index (χ1n) is 8.18. The maximum Gasteiger partial charge on any atom is 0.293 e. The van der Waals surface area contributed by atoms with Crippen LogP contribution < -0.4 is 11.2 Å². The van der Waals surface area contributed by atoms with Gasteiger partial charge in [-0.15, -0.1) is 5.10 Å². The molecule has 1 amide bonds. The quantitative estimate of drug-likeness (QED) is 0.429. The summed E-state index contributed by atoms with van der Waals surface area (Å²) in [6.07, 6.45) is 1.25. The number of amides is 1. The number of benzene rings is 1. The number of rotatable bonds is 6. The van der Waals surface area contributed by atoms with Crippen LogP contribution in [-0.4, -0.2) is 42.0 Å². The third-order valence-electron chi connectivity index (χ3n) is 3.75. The Labute approximate surface area is 153 Å². The first kappa shape index (κ1) is 18.0. The van der Waals surface area contributed by atoms with Gasteiger partial charge >= 0.3 is 0 Å². The molecular weight excluding hydrogens is 352 g/mol. The number of anilines is 1. The van der Waals surface area contributed by atoms with E-state index in [9.17, 15) is 9.90 Å². The summed E-state index contributed by atoms with van der Waals surface area (Å²) in [5, 5.41) is 28.7. The van der Waals surface area contributed by atoms with E-state index in [1.165, 1.54) is 4.68 Å². The molecule has 2 aromatic heterocycles. The Morgan fingerprint density at radius 2 is 2.22 bits per heavy atom. The molecule has 0 unspecified atom stereocenters. The Morgan fingerprint density at radius 1 is 1.41 bits per heavy atom. The van der Waals surface area contributed by atoms with Crippen LogP contribution in [0, 0.1) is 0 Å². The number of hydrogen-bond donors (Lipinski definition) is 3. The van der Waals surface area contributed by atoms with Crippen molar-refractivity contribution in [1.29, 1.82) is 0 Å². The Kier molecular flexibility index (Phi) is 5.11. The van der Waals surface area contributed by atoms with Gasteiger partial charge in [-0.3, -0.25) is 4.79 Å². The van der Waals surface area contributed by atoms with E-state index in [0.29, 0.717) is 23.4 Å². The molecule has 0 bridgehead atoms. The largest absolute Gasteiger partial charge is 0.508 e. The van der Waals surface area contributed by atoms with Crippen LogP contribution in [0.2, 0.25) is 0 Å². The number of carbonyl (C=O) groups is 1. The number of nitrogens with one attached hydrogen (secondary N) is 1. The topological polar surface area (TPSA) is 157 Å². The molecule has 1 aromatic carbocycles. The van der Waals surface area contributed by atoms with E-state index in [1.807, 2.05) is 6.92 Å². The fraction of sp³-hybridized carbons (Fsp3) is 0.250. The minimum absolute atomic E-state index is 0.0435. The number of nitrogens with two attached hydrogens (primary N) is 1. The average molecular weight is 370 g/mol. The highest BCUT2D eigenvalue weighted by Gasteiger charge is 2.23. The summed E-state index contributed by atoms with van der Waals surface area (Å²) in [4.78, 5) is 12.5. The van der Waals surface area contributed by atoms with Gasteiger partial charge in [0.05, 0.1) is 11.4 Å². The number of hydrazone groups is 1. The molecule has 2 heterocycles. The average Bonchev–Trinajstić information content (AvgIpc) is 3.25. The highest BCUT2D eigenvalue weighted by atomic mass is 16.6. The summed E-state index contributed by atoms with van der Waals surface area (Å²) in [6.45, 7) is 3.66. The monoisotopic (exact) mass is 370 g/mol. The summed E-state index contributed by atoms with van der Waals surface area (Å²) >= 11 is 0. The third kappa shape index (κ3) is 3.76. The SMILES string of the molecule is CCCc1c(C(=O)NN=C(C)c2cccc(O)c2)nnn1-c1nonc1N. The lowest BCUT2D eigenvalue weighted by molar-refractivity contribution is 0.0948. The van der Waals surface area contributed by atoms with Gasteiger partial charge in [0.1, 0.15) is 5.75 Å². The second-order valence-electron chi connectivity index (χ2n) is 5.71. The van der Waals surface area contributed by atoms with E-state index in [4.69, 9.17) is 5.73 Å². The van der Waals surface area contributed by atoms with Crippen LogP contribution in [0.15, 0.2) is 34.0 Å². The van der Waals surface area contributed by atoms with E-state index in [-0.39, 0.29) is 23.1 Å². The molecule has 11 heteroatoms. The van der Waals surface area contributed by atoms with Gasteiger partial charge in [0.25, 0.3) is 5.91 Å². The molecule has 0 saturated heterocycles. The Bertz CT molecular complexity index is 991. The van der Waals surface area contributed by atoms with Crippen molar-refractivity contribution < 1.29 is 14.5 Å². The second-order valence-corrected chi connectivity index (χ2v) is 5.71.